The summed E-state index contributed by atoms with van der Waals surface area (Å²) in [6, 6.07) is 0.498. The third-order valence-corrected chi connectivity index (χ3v) is 3.72. The standard InChI is InChI=1S/C12H18N6/c1-8-15-17-12(10-7-14-16-11(10)13)18(8)9-5-3-2-4-6-9/h7,9H,2-6H2,1H3,(H3,13,14,16). The van der Waals surface area contributed by atoms with E-state index in [2.05, 4.69) is 25.0 Å². The first-order chi connectivity index (χ1) is 8.77. The number of nitrogens with zero attached hydrogens (tertiary/aromatic N) is 4. The van der Waals surface area contributed by atoms with Crippen LogP contribution in [0.1, 0.15) is 44.0 Å². The van der Waals surface area contributed by atoms with Gasteiger partial charge < -0.3 is 10.3 Å². The lowest BCUT2D eigenvalue weighted by Gasteiger charge is -2.25. The molecule has 0 saturated heterocycles. The molecule has 2 heterocycles. The van der Waals surface area contributed by atoms with Gasteiger partial charge in [-0.05, 0) is 19.8 Å². The molecule has 2 aromatic rings. The SMILES string of the molecule is Cc1nnc(-c2cn[nH]c2N)n1C1CCCCC1. The molecule has 1 aliphatic carbocycles. The van der Waals surface area contributed by atoms with Crippen molar-refractivity contribution in [3.8, 4) is 11.4 Å². The zero-order valence-corrected chi connectivity index (χ0v) is 10.6. The molecule has 1 fully saturated rings. The maximum atomic E-state index is 5.88. The van der Waals surface area contributed by atoms with E-state index in [0.717, 1.165) is 17.2 Å². The van der Waals surface area contributed by atoms with E-state index >= 15 is 0 Å². The van der Waals surface area contributed by atoms with E-state index < -0.39 is 0 Å². The summed E-state index contributed by atoms with van der Waals surface area (Å²) in [6.45, 7) is 2.00. The summed E-state index contributed by atoms with van der Waals surface area (Å²) >= 11 is 0. The van der Waals surface area contributed by atoms with Crippen molar-refractivity contribution in [2.45, 2.75) is 45.1 Å². The van der Waals surface area contributed by atoms with Crippen LogP contribution in [0.5, 0.6) is 0 Å². The summed E-state index contributed by atoms with van der Waals surface area (Å²) < 4.78 is 2.22. The van der Waals surface area contributed by atoms with E-state index in [0.29, 0.717) is 11.9 Å². The molecule has 0 radical (unpaired) electrons. The van der Waals surface area contributed by atoms with Crippen LogP contribution in [0.4, 0.5) is 5.82 Å². The summed E-state index contributed by atoms with van der Waals surface area (Å²) in [7, 11) is 0. The molecule has 0 aliphatic heterocycles. The first kappa shape index (κ1) is 11.3. The predicted octanol–water partition coefficient (Wildman–Crippen LogP) is 2.06. The summed E-state index contributed by atoms with van der Waals surface area (Å²) in [4.78, 5) is 0. The average Bonchev–Trinajstić information content (AvgIpc) is 2.96. The van der Waals surface area contributed by atoms with E-state index in [1.165, 1.54) is 32.1 Å². The number of hydrogen-bond acceptors (Lipinski definition) is 4. The lowest BCUT2D eigenvalue weighted by molar-refractivity contribution is 0.350. The minimum Gasteiger partial charge on any atom is -0.383 e. The van der Waals surface area contributed by atoms with Crippen LogP contribution in [0.3, 0.4) is 0 Å². The topological polar surface area (TPSA) is 85.4 Å². The third-order valence-electron chi connectivity index (χ3n) is 3.72. The Kier molecular flexibility index (Phi) is 2.77. The molecule has 96 valence electrons. The van der Waals surface area contributed by atoms with Crippen LogP contribution in [0.15, 0.2) is 6.20 Å². The molecule has 6 heteroatoms. The van der Waals surface area contributed by atoms with Crippen LogP contribution >= 0.6 is 0 Å². The molecule has 3 rings (SSSR count). The maximum absolute atomic E-state index is 5.88. The lowest BCUT2D eigenvalue weighted by Crippen LogP contribution is -2.15. The number of hydrogen-bond donors (Lipinski definition) is 2. The van der Waals surface area contributed by atoms with Crippen molar-refractivity contribution in [3.63, 3.8) is 0 Å². The average molecular weight is 246 g/mol. The van der Waals surface area contributed by atoms with Gasteiger partial charge in [0.15, 0.2) is 5.82 Å². The fourth-order valence-corrected chi connectivity index (χ4v) is 2.80. The highest BCUT2D eigenvalue weighted by Gasteiger charge is 2.23. The molecule has 0 bridgehead atoms. The van der Waals surface area contributed by atoms with E-state index in [1.807, 2.05) is 6.92 Å². The van der Waals surface area contributed by atoms with Gasteiger partial charge in [-0.1, -0.05) is 19.3 Å². The minimum absolute atomic E-state index is 0.498. The molecule has 1 saturated carbocycles. The summed E-state index contributed by atoms with van der Waals surface area (Å²) in [5.74, 6) is 2.35. The molecule has 6 nitrogen and oxygen atoms in total. The van der Waals surface area contributed by atoms with Gasteiger partial charge in [-0.2, -0.15) is 5.10 Å². The second-order valence-electron chi connectivity index (χ2n) is 4.93. The molecule has 18 heavy (non-hydrogen) atoms. The van der Waals surface area contributed by atoms with Crippen molar-refractivity contribution < 1.29 is 0 Å². The first-order valence-electron chi connectivity index (χ1n) is 6.48. The van der Waals surface area contributed by atoms with Crippen LogP contribution in [0.2, 0.25) is 0 Å². The molecular weight excluding hydrogens is 228 g/mol. The Labute approximate surface area is 106 Å². The fraction of sp³-hybridized carbons (Fsp3) is 0.583. The highest BCUT2D eigenvalue weighted by Crippen LogP contribution is 2.33. The van der Waals surface area contributed by atoms with Gasteiger partial charge in [0.1, 0.15) is 11.6 Å². The fourth-order valence-electron chi connectivity index (χ4n) is 2.80. The Hall–Kier alpha value is -1.85. The van der Waals surface area contributed by atoms with Gasteiger partial charge in [0.05, 0.1) is 11.8 Å². The Balaban J connectivity index is 2.03. The number of H-pyrrole nitrogens is 1. The quantitative estimate of drug-likeness (QED) is 0.849. The van der Waals surface area contributed by atoms with Gasteiger partial charge in [-0.3, -0.25) is 5.10 Å². The van der Waals surface area contributed by atoms with Crippen molar-refractivity contribution in [2.75, 3.05) is 5.73 Å². The second kappa shape index (κ2) is 4.44. The number of aryl methyl sites for hydroxylation is 1. The van der Waals surface area contributed by atoms with Crippen LogP contribution in [0, 0.1) is 6.92 Å². The zero-order valence-electron chi connectivity index (χ0n) is 10.6. The van der Waals surface area contributed by atoms with Gasteiger partial charge in [0.25, 0.3) is 0 Å². The normalized spacial score (nSPS) is 17.2. The minimum atomic E-state index is 0.498. The number of aromatic amines is 1. The monoisotopic (exact) mass is 246 g/mol. The Morgan fingerprint density at radius 3 is 2.72 bits per heavy atom. The number of nitrogens with one attached hydrogen (secondary N) is 1. The van der Waals surface area contributed by atoms with E-state index in [1.54, 1.807) is 6.20 Å². The van der Waals surface area contributed by atoms with Crippen molar-refractivity contribution in [3.05, 3.63) is 12.0 Å². The Morgan fingerprint density at radius 2 is 2.06 bits per heavy atom. The molecule has 0 unspecified atom stereocenters. The van der Waals surface area contributed by atoms with Crippen molar-refractivity contribution in [1.29, 1.82) is 0 Å². The van der Waals surface area contributed by atoms with Crippen molar-refractivity contribution in [1.82, 2.24) is 25.0 Å². The van der Waals surface area contributed by atoms with Gasteiger partial charge >= 0.3 is 0 Å². The Morgan fingerprint density at radius 1 is 1.28 bits per heavy atom. The Bertz CT molecular complexity index is 535. The second-order valence-corrected chi connectivity index (χ2v) is 4.93. The molecule has 0 spiro atoms. The molecule has 0 atom stereocenters. The van der Waals surface area contributed by atoms with Crippen molar-refractivity contribution in [2.24, 2.45) is 0 Å². The zero-order chi connectivity index (χ0) is 12.5. The van der Waals surface area contributed by atoms with Gasteiger partial charge in [-0.25, -0.2) is 0 Å². The number of nitrogens with two attached hydrogens (primary N) is 1. The largest absolute Gasteiger partial charge is 0.383 e. The smallest absolute Gasteiger partial charge is 0.169 e. The molecule has 3 N–H and O–H groups in total. The van der Waals surface area contributed by atoms with Gasteiger partial charge in [0, 0.05) is 6.04 Å². The summed E-state index contributed by atoms with van der Waals surface area (Å²) in [5, 5.41) is 15.2. The molecular formula is C12H18N6. The highest BCUT2D eigenvalue weighted by atomic mass is 15.3. The van der Waals surface area contributed by atoms with Gasteiger partial charge in [0.2, 0.25) is 0 Å². The maximum Gasteiger partial charge on any atom is 0.169 e. The van der Waals surface area contributed by atoms with Crippen LogP contribution < -0.4 is 5.73 Å². The van der Waals surface area contributed by atoms with Crippen LogP contribution in [0.25, 0.3) is 11.4 Å². The van der Waals surface area contributed by atoms with E-state index in [9.17, 15) is 0 Å². The summed E-state index contributed by atoms with van der Waals surface area (Å²) in [6.07, 6.45) is 8.01. The van der Waals surface area contributed by atoms with Gasteiger partial charge in [-0.15, -0.1) is 10.2 Å². The predicted molar refractivity (Wildman–Crippen MR) is 68.9 cm³/mol. The number of aromatic nitrogens is 5. The molecule has 2 aromatic heterocycles. The van der Waals surface area contributed by atoms with Crippen LogP contribution in [-0.2, 0) is 0 Å². The van der Waals surface area contributed by atoms with Crippen molar-refractivity contribution >= 4 is 5.82 Å². The van der Waals surface area contributed by atoms with Crippen LogP contribution in [-0.4, -0.2) is 25.0 Å². The summed E-state index contributed by atoms with van der Waals surface area (Å²) in [5.41, 5.74) is 6.73. The van der Waals surface area contributed by atoms with E-state index in [-0.39, 0.29) is 0 Å². The third kappa shape index (κ3) is 1.77. The molecule has 0 amide bonds. The number of rotatable bonds is 2. The highest BCUT2D eigenvalue weighted by molar-refractivity contribution is 5.67. The number of anilines is 1. The molecule has 0 aromatic carbocycles. The first-order valence-corrected chi connectivity index (χ1v) is 6.48. The van der Waals surface area contributed by atoms with E-state index in [4.69, 9.17) is 5.73 Å². The lowest BCUT2D eigenvalue weighted by atomic mass is 9.95. The molecule has 1 aliphatic rings. The number of nitrogen functional groups attached to an aromatic ring is 1.